The lowest BCUT2D eigenvalue weighted by atomic mass is 10.1. The number of nitrogens with zero attached hydrogens (tertiary/aromatic N) is 1. The van der Waals surface area contributed by atoms with Crippen molar-refractivity contribution >= 4 is 46.4 Å². The maximum absolute atomic E-state index is 12.2. The molecule has 1 unspecified atom stereocenters. The summed E-state index contributed by atoms with van der Waals surface area (Å²) < 4.78 is 0.693. The van der Waals surface area contributed by atoms with Crippen molar-refractivity contribution in [3.05, 3.63) is 20.3 Å². The normalized spacial score (nSPS) is 19.9. The van der Waals surface area contributed by atoms with Gasteiger partial charge in [-0.1, -0.05) is 23.2 Å². The van der Waals surface area contributed by atoms with Crippen molar-refractivity contribution in [2.24, 2.45) is 0 Å². The molecule has 0 radical (unpaired) electrons. The Morgan fingerprint density at radius 1 is 1.50 bits per heavy atom. The summed E-state index contributed by atoms with van der Waals surface area (Å²) in [6.45, 7) is 1.13. The molecule has 0 bridgehead atoms. The standard InChI is InChI=1S/C10H10Cl2N2O3S/c11-7-3-5(8(12)18-7)9(15)14-2-1-13-4-6(14)10(16)17/h3,6,13H,1-2,4H2,(H,16,17). The molecule has 2 N–H and O–H groups in total. The minimum absolute atomic E-state index is 0.233. The highest BCUT2D eigenvalue weighted by atomic mass is 35.5. The number of halogens is 2. The van der Waals surface area contributed by atoms with Crippen LogP contribution in [0.3, 0.4) is 0 Å². The van der Waals surface area contributed by atoms with E-state index in [1.165, 1.54) is 11.0 Å². The van der Waals surface area contributed by atoms with E-state index in [0.29, 0.717) is 17.4 Å². The molecule has 1 aromatic heterocycles. The fourth-order valence-electron chi connectivity index (χ4n) is 1.81. The second-order valence-corrected chi connectivity index (χ2v) is 6.08. The number of hydrogen-bond donors (Lipinski definition) is 2. The van der Waals surface area contributed by atoms with E-state index in [0.717, 1.165) is 11.3 Å². The second kappa shape index (κ2) is 5.44. The van der Waals surface area contributed by atoms with Gasteiger partial charge in [0.05, 0.1) is 9.90 Å². The average molecular weight is 309 g/mol. The molecule has 2 heterocycles. The predicted molar refractivity (Wildman–Crippen MR) is 69.7 cm³/mol. The summed E-state index contributed by atoms with van der Waals surface area (Å²) in [6, 6.07) is 0.596. The smallest absolute Gasteiger partial charge is 0.327 e. The molecule has 1 aliphatic heterocycles. The van der Waals surface area contributed by atoms with Crippen LogP contribution in [0.2, 0.25) is 8.67 Å². The Hall–Kier alpha value is -0.820. The van der Waals surface area contributed by atoms with Crippen LogP contribution >= 0.6 is 34.5 Å². The van der Waals surface area contributed by atoms with Crippen molar-refractivity contribution in [2.45, 2.75) is 6.04 Å². The van der Waals surface area contributed by atoms with Crippen LogP contribution in [0.1, 0.15) is 10.4 Å². The van der Waals surface area contributed by atoms with E-state index in [2.05, 4.69) is 5.32 Å². The Morgan fingerprint density at radius 3 is 2.78 bits per heavy atom. The summed E-state index contributed by atoms with van der Waals surface area (Å²) in [5.74, 6) is -1.43. The van der Waals surface area contributed by atoms with Crippen molar-refractivity contribution in [2.75, 3.05) is 19.6 Å². The number of carbonyl (C=O) groups excluding carboxylic acids is 1. The third kappa shape index (κ3) is 2.61. The molecule has 0 spiro atoms. The first-order chi connectivity index (χ1) is 8.50. The van der Waals surface area contributed by atoms with Gasteiger partial charge in [0.1, 0.15) is 10.4 Å². The molecule has 5 nitrogen and oxygen atoms in total. The van der Waals surface area contributed by atoms with Crippen LogP contribution in [0.25, 0.3) is 0 Å². The minimum atomic E-state index is -1.03. The SMILES string of the molecule is O=C(O)C1CNCCN1C(=O)c1cc(Cl)sc1Cl. The maximum Gasteiger partial charge on any atom is 0.327 e. The fraction of sp³-hybridized carbons (Fsp3) is 0.400. The van der Waals surface area contributed by atoms with E-state index in [-0.39, 0.29) is 16.4 Å². The van der Waals surface area contributed by atoms with Gasteiger partial charge in [-0.2, -0.15) is 0 Å². The fourth-order valence-corrected chi connectivity index (χ4v) is 3.26. The number of carboxylic acid groups (broad SMARTS) is 1. The Labute approximate surface area is 117 Å². The largest absolute Gasteiger partial charge is 0.480 e. The highest BCUT2D eigenvalue weighted by molar-refractivity contribution is 7.20. The number of thiophene rings is 1. The van der Waals surface area contributed by atoms with Gasteiger partial charge in [-0.25, -0.2) is 4.79 Å². The van der Waals surface area contributed by atoms with Crippen LogP contribution in [0.4, 0.5) is 0 Å². The van der Waals surface area contributed by atoms with E-state index in [1.807, 2.05) is 0 Å². The summed E-state index contributed by atoms with van der Waals surface area (Å²) in [5.41, 5.74) is 0.264. The molecule has 1 aromatic rings. The zero-order valence-corrected chi connectivity index (χ0v) is 11.5. The van der Waals surface area contributed by atoms with E-state index < -0.39 is 17.9 Å². The van der Waals surface area contributed by atoms with Gasteiger partial charge >= 0.3 is 5.97 Å². The van der Waals surface area contributed by atoms with Crippen LogP contribution in [0.5, 0.6) is 0 Å². The molecule has 0 saturated carbocycles. The molecule has 1 amide bonds. The first kappa shape index (κ1) is 13.6. The molecule has 1 aliphatic rings. The van der Waals surface area contributed by atoms with Crippen molar-refractivity contribution in [1.29, 1.82) is 0 Å². The Bertz CT molecular complexity index is 491. The van der Waals surface area contributed by atoms with Gasteiger partial charge in [0.2, 0.25) is 0 Å². The molecular formula is C10H10Cl2N2O3S. The second-order valence-electron chi connectivity index (χ2n) is 3.79. The number of aliphatic carboxylic acids is 1. The molecule has 1 atom stereocenters. The van der Waals surface area contributed by atoms with Crippen LogP contribution < -0.4 is 5.32 Å². The number of carbonyl (C=O) groups is 2. The third-order valence-corrected chi connectivity index (χ3v) is 4.16. The van der Waals surface area contributed by atoms with Crippen LogP contribution in [0.15, 0.2) is 6.07 Å². The third-order valence-electron chi connectivity index (χ3n) is 2.68. The monoisotopic (exact) mass is 308 g/mol. The summed E-state index contributed by atoms with van der Waals surface area (Å²) in [4.78, 5) is 24.7. The molecule has 0 aliphatic carbocycles. The van der Waals surface area contributed by atoms with E-state index in [4.69, 9.17) is 28.3 Å². The van der Waals surface area contributed by atoms with E-state index in [1.54, 1.807) is 0 Å². The number of carboxylic acids is 1. The van der Waals surface area contributed by atoms with Crippen LogP contribution in [-0.4, -0.2) is 47.6 Å². The summed E-state index contributed by atoms with van der Waals surface area (Å²) >= 11 is 12.8. The first-order valence-corrected chi connectivity index (χ1v) is 6.77. The number of piperazine rings is 1. The molecule has 1 fully saturated rings. The van der Waals surface area contributed by atoms with Gasteiger partial charge in [0, 0.05) is 19.6 Å². The van der Waals surface area contributed by atoms with Gasteiger partial charge < -0.3 is 15.3 Å². The number of rotatable bonds is 2. The molecule has 8 heteroatoms. The summed E-state index contributed by atoms with van der Waals surface area (Å²) in [6.07, 6.45) is 0. The molecule has 18 heavy (non-hydrogen) atoms. The van der Waals surface area contributed by atoms with Gasteiger partial charge in [-0.05, 0) is 6.07 Å². The average Bonchev–Trinajstić information content (AvgIpc) is 2.67. The number of nitrogens with one attached hydrogen (secondary N) is 1. The van der Waals surface area contributed by atoms with Gasteiger partial charge in [0.25, 0.3) is 5.91 Å². The number of amides is 1. The number of hydrogen-bond acceptors (Lipinski definition) is 4. The maximum atomic E-state index is 12.2. The lowest BCUT2D eigenvalue weighted by Gasteiger charge is -2.33. The molecule has 2 rings (SSSR count). The van der Waals surface area contributed by atoms with Crippen LogP contribution in [-0.2, 0) is 4.79 Å². The Morgan fingerprint density at radius 2 is 2.22 bits per heavy atom. The molecule has 1 saturated heterocycles. The highest BCUT2D eigenvalue weighted by Crippen LogP contribution is 2.32. The summed E-state index contributed by atoms with van der Waals surface area (Å²) in [5, 5.41) is 12.0. The van der Waals surface area contributed by atoms with Crippen molar-refractivity contribution in [3.63, 3.8) is 0 Å². The van der Waals surface area contributed by atoms with Gasteiger partial charge in [-0.15, -0.1) is 11.3 Å². The molecule has 0 aromatic carbocycles. The van der Waals surface area contributed by atoms with E-state index >= 15 is 0 Å². The van der Waals surface area contributed by atoms with Gasteiger partial charge in [0.15, 0.2) is 0 Å². The lowest BCUT2D eigenvalue weighted by Crippen LogP contribution is -2.56. The van der Waals surface area contributed by atoms with Gasteiger partial charge in [-0.3, -0.25) is 4.79 Å². The zero-order chi connectivity index (χ0) is 13.3. The first-order valence-electron chi connectivity index (χ1n) is 5.20. The molecular weight excluding hydrogens is 299 g/mol. The highest BCUT2D eigenvalue weighted by Gasteiger charge is 2.33. The Balaban J connectivity index is 2.26. The topological polar surface area (TPSA) is 69.6 Å². The lowest BCUT2D eigenvalue weighted by molar-refractivity contribution is -0.142. The van der Waals surface area contributed by atoms with Crippen LogP contribution in [0, 0.1) is 0 Å². The Kier molecular flexibility index (Phi) is 4.11. The molecule has 98 valence electrons. The predicted octanol–water partition coefficient (Wildman–Crippen LogP) is 1.55. The zero-order valence-electron chi connectivity index (χ0n) is 9.15. The summed E-state index contributed by atoms with van der Waals surface area (Å²) in [7, 11) is 0. The quantitative estimate of drug-likeness (QED) is 0.870. The van der Waals surface area contributed by atoms with E-state index in [9.17, 15) is 9.59 Å². The van der Waals surface area contributed by atoms with Crippen molar-refractivity contribution in [3.8, 4) is 0 Å². The minimum Gasteiger partial charge on any atom is -0.480 e. The van der Waals surface area contributed by atoms with Crippen molar-refractivity contribution < 1.29 is 14.7 Å². The van der Waals surface area contributed by atoms with Crippen molar-refractivity contribution in [1.82, 2.24) is 10.2 Å².